The van der Waals surface area contributed by atoms with Crippen LogP contribution < -0.4 is 10.4 Å². The Morgan fingerprint density at radius 3 is 2.42 bits per heavy atom. The minimum Gasteiger partial charge on any atom is -0.298 e. The average molecular weight is 250 g/mol. The molecule has 2 nitrogen and oxygen atoms in total. The van der Waals surface area contributed by atoms with Gasteiger partial charge in [0.1, 0.15) is 0 Å². The lowest BCUT2D eigenvalue weighted by Gasteiger charge is -2.21. The number of rotatable bonds is 2. The molecule has 1 heterocycles. The molecule has 0 saturated heterocycles. The Balaban J connectivity index is 1.80. The summed E-state index contributed by atoms with van der Waals surface area (Å²) in [7, 11) is 0. The number of anilines is 1. The molecule has 0 fully saturated rings. The smallest absolute Gasteiger partial charge is 0.0598 e. The summed E-state index contributed by atoms with van der Waals surface area (Å²) in [5.74, 6) is 0. The zero-order valence-corrected chi connectivity index (χ0v) is 11.4. The molecule has 0 radical (unpaired) electrons. The first kappa shape index (κ1) is 11.8. The highest BCUT2D eigenvalue weighted by molar-refractivity contribution is 5.70. The lowest BCUT2D eigenvalue weighted by Crippen LogP contribution is -2.31. The number of nitrogens with zero attached hydrogens (tertiary/aromatic N) is 1. The molecular formula is C17H18N2. The van der Waals surface area contributed by atoms with E-state index in [4.69, 9.17) is 0 Å². The highest BCUT2D eigenvalue weighted by atomic mass is 15.5. The van der Waals surface area contributed by atoms with E-state index >= 15 is 0 Å². The Labute approximate surface area is 114 Å². The molecule has 0 bridgehead atoms. The van der Waals surface area contributed by atoms with Gasteiger partial charge in [0.15, 0.2) is 0 Å². The van der Waals surface area contributed by atoms with Crippen molar-refractivity contribution < 1.29 is 0 Å². The van der Waals surface area contributed by atoms with Crippen LogP contribution in [0.5, 0.6) is 0 Å². The van der Waals surface area contributed by atoms with Crippen molar-refractivity contribution in [2.45, 2.75) is 13.8 Å². The molecule has 19 heavy (non-hydrogen) atoms. The van der Waals surface area contributed by atoms with Crippen LogP contribution >= 0.6 is 0 Å². The Morgan fingerprint density at radius 1 is 0.947 bits per heavy atom. The molecule has 0 atom stereocenters. The highest BCUT2D eigenvalue weighted by Gasteiger charge is 2.14. The van der Waals surface area contributed by atoms with E-state index < -0.39 is 0 Å². The monoisotopic (exact) mass is 250 g/mol. The number of aryl methyl sites for hydroxylation is 2. The minimum absolute atomic E-state index is 0.896. The molecule has 0 aromatic heterocycles. The van der Waals surface area contributed by atoms with Gasteiger partial charge in [-0.3, -0.25) is 10.4 Å². The predicted molar refractivity (Wildman–Crippen MR) is 80.8 cm³/mol. The summed E-state index contributed by atoms with van der Waals surface area (Å²) in [6, 6.07) is 17.1. The summed E-state index contributed by atoms with van der Waals surface area (Å²) in [5.41, 5.74) is 9.68. The molecule has 0 spiro atoms. The number of hydrazine groups is 1. The SMILES string of the molecule is Cc1cccc(C2=CCN(c3cccc(C)c3)N2)c1. The third-order valence-electron chi connectivity index (χ3n) is 3.38. The summed E-state index contributed by atoms with van der Waals surface area (Å²) in [6.45, 7) is 5.14. The zero-order valence-electron chi connectivity index (χ0n) is 11.4. The van der Waals surface area contributed by atoms with Crippen LogP contribution in [0.4, 0.5) is 5.69 Å². The largest absolute Gasteiger partial charge is 0.298 e. The van der Waals surface area contributed by atoms with Crippen LogP contribution in [-0.4, -0.2) is 6.54 Å². The number of benzene rings is 2. The van der Waals surface area contributed by atoms with Crippen LogP contribution in [0.3, 0.4) is 0 Å². The van der Waals surface area contributed by atoms with Crippen LogP contribution in [0.2, 0.25) is 0 Å². The van der Waals surface area contributed by atoms with E-state index in [9.17, 15) is 0 Å². The van der Waals surface area contributed by atoms with E-state index in [2.05, 4.69) is 78.9 Å². The van der Waals surface area contributed by atoms with Crippen molar-refractivity contribution in [3.05, 3.63) is 71.3 Å². The Kier molecular flexibility index (Phi) is 3.00. The van der Waals surface area contributed by atoms with Crippen LogP contribution in [0, 0.1) is 13.8 Å². The topological polar surface area (TPSA) is 15.3 Å². The quantitative estimate of drug-likeness (QED) is 0.875. The Bertz CT molecular complexity index is 629. The van der Waals surface area contributed by atoms with E-state index in [0.717, 1.165) is 6.54 Å². The normalized spacial score (nSPS) is 14.2. The third kappa shape index (κ3) is 2.48. The van der Waals surface area contributed by atoms with E-state index in [1.165, 1.54) is 28.1 Å². The Hall–Kier alpha value is -2.22. The van der Waals surface area contributed by atoms with Gasteiger partial charge >= 0.3 is 0 Å². The van der Waals surface area contributed by atoms with Gasteiger partial charge in [-0.1, -0.05) is 35.9 Å². The Morgan fingerprint density at radius 2 is 1.68 bits per heavy atom. The van der Waals surface area contributed by atoms with Crippen LogP contribution in [-0.2, 0) is 0 Å². The second kappa shape index (κ2) is 4.81. The van der Waals surface area contributed by atoms with Crippen molar-refractivity contribution in [1.82, 2.24) is 5.43 Å². The van der Waals surface area contributed by atoms with Gasteiger partial charge in [0.2, 0.25) is 0 Å². The zero-order chi connectivity index (χ0) is 13.2. The van der Waals surface area contributed by atoms with Gasteiger partial charge in [-0.05, 0) is 49.2 Å². The maximum atomic E-state index is 3.47. The van der Waals surface area contributed by atoms with Gasteiger partial charge in [0, 0.05) is 0 Å². The van der Waals surface area contributed by atoms with Crippen LogP contribution in [0.25, 0.3) is 5.70 Å². The van der Waals surface area contributed by atoms with Gasteiger partial charge in [-0.15, -0.1) is 0 Å². The molecule has 1 N–H and O–H groups in total. The predicted octanol–water partition coefficient (Wildman–Crippen LogP) is 3.67. The summed E-state index contributed by atoms with van der Waals surface area (Å²) in [4.78, 5) is 0. The lowest BCUT2D eigenvalue weighted by atomic mass is 10.1. The second-order valence-electron chi connectivity index (χ2n) is 5.05. The first-order valence-corrected chi connectivity index (χ1v) is 6.60. The van der Waals surface area contributed by atoms with Gasteiger partial charge < -0.3 is 0 Å². The maximum absolute atomic E-state index is 3.47. The summed E-state index contributed by atoms with van der Waals surface area (Å²) < 4.78 is 0. The molecule has 3 rings (SSSR count). The fourth-order valence-electron chi connectivity index (χ4n) is 2.38. The number of nitrogens with one attached hydrogen (secondary N) is 1. The molecule has 96 valence electrons. The van der Waals surface area contributed by atoms with Crippen molar-refractivity contribution in [3.8, 4) is 0 Å². The summed E-state index contributed by atoms with van der Waals surface area (Å²) >= 11 is 0. The number of hydrogen-bond acceptors (Lipinski definition) is 2. The fraction of sp³-hybridized carbons (Fsp3) is 0.176. The molecule has 0 unspecified atom stereocenters. The lowest BCUT2D eigenvalue weighted by molar-refractivity contribution is 0.851. The first-order chi connectivity index (χ1) is 9.22. The van der Waals surface area contributed by atoms with Crippen molar-refractivity contribution in [3.63, 3.8) is 0 Å². The van der Waals surface area contributed by atoms with E-state index in [1.54, 1.807) is 0 Å². The summed E-state index contributed by atoms with van der Waals surface area (Å²) in [6.07, 6.45) is 2.23. The van der Waals surface area contributed by atoms with E-state index in [-0.39, 0.29) is 0 Å². The van der Waals surface area contributed by atoms with Crippen molar-refractivity contribution in [2.24, 2.45) is 0 Å². The molecule has 2 heteroatoms. The number of hydrogen-bond donors (Lipinski definition) is 1. The molecule has 2 aromatic rings. The molecule has 2 aromatic carbocycles. The molecule has 0 saturated carbocycles. The van der Waals surface area contributed by atoms with E-state index in [1.807, 2.05) is 0 Å². The minimum atomic E-state index is 0.896. The standard InChI is InChI=1S/C17H18N2/c1-13-5-3-7-15(11-13)17-9-10-19(18-17)16-8-4-6-14(2)12-16/h3-9,11-12,18H,10H2,1-2H3. The summed E-state index contributed by atoms with van der Waals surface area (Å²) in [5, 5.41) is 2.17. The van der Waals surface area contributed by atoms with Gasteiger partial charge in [-0.2, -0.15) is 0 Å². The van der Waals surface area contributed by atoms with Crippen molar-refractivity contribution >= 4 is 11.4 Å². The fourth-order valence-corrected chi connectivity index (χ4v) is 2.38. The van der Waals surface area contributed by atoms with Crippen molar-refractivity contribution in [2.75, 3.05) is 11.6 Å². The van der Waals surface area contributed by atoms with Gasteiger partial charge in [0.05, 0.1) is 17.9 Å². The van der Waals surface area contributed by atoms with Crippen LogP contribution in [0.1, 0.15) is 16.7 Å². The van der Waals surface area contributed by atoms with Crippen LogP contribution in [0.15, 0.2) is 54.6 Å². The first-order valence-electron chi connectivity index (χ1n) is 6.60. The molecule has 0 aliphatic carbocycles. The third-order valence-corrected chi connectivity index (χ3v) is 3.38. The van der Waals surface area contributed by atoms with Gasteiger partial charge in [0.25, 0.3) is 0 Å². The molecule has 0 amide bonds. The van der Waals surface area contributed by atoms with Gasteiger partial charge in [-0.25, -0.2) is 0 Å². The molecule has 1 aliphatic heterocycles. The second-order valence-corrected chi connectivity index (χ2v) is 5.05. The average Bonchev–Trinajstić information content (AvgIpc) is 2.88. The molecular weight excluding hydrogens is 232 g/mol. The van der Waals surface area contributed by atoms with E-state index in [0.29, 0.717) is 0 Å². The molecule has 1 aliphatic rings. The maximum Gasteiger partial charge on any atom is 0.0598 e. The van der Waals surface area contributed by atoms with Crippen molar-refractivity contribution in [1.29, 1.82) is 0 Å². The highest BCUT2D eigenvalue weighted by Crippen LogP contribution is 2.22.